The van der Waals surface area contributed by atoms with Crippen LogP contribution in [0.3, 0.4) is 0 Å². The number of rotatable bonds is 8. The Balaban J connectivity index is 2.26. The minimum Gasteiger partial charge on any atom is -0.494 e. The Morgan fingerprint density at radius 2 is 1.96 bits per heavy atom. The molecule has 0 bridgehead atoms. The first kappa shape index (κ1) is 18.9. The summed E-state index contributed by atoms with van der Waals surface area (Å²) in [6.07, 6.45) is 0. The summed E-state index contributed by atoms with van der Waals surface area (Å²) in [4.78, 5) is 28.3. The highest BCUT2D eigenvalue weighted by molar-refractivity contribution is 6.08. The largest absolute Gasteiger partial charge is 0.494 e. The predicted octanol–water partition coefficient (Wildman–Crippen LogP) is 2.51. The lowest BCUT2D eigenvalue weighted by Gasteiger charge is -2.30. The molecule has 1 aliphatic rings. The Morgan fingerprint density at radius 1 is 1.20 bits per heavy atom. The van der Waals surface area contributed by atoms with E-state index < -0.39 is 24.0 Å². The molecule has 0 aliphatic carbocycles. The van der Waals surface area contributed by atoms with Crippen LogP contribution >= 0.6 is 0 Å². The van der Waals surface area contributed by atoms with E-state index in [0.29, 0.717) is 31.3 Å². The van der Waals surface area contributed by atoms with Gasteiger partial charge in [-0.2, -0.15) is 0 Å². The average molecular weight is 348 g/mol. The summed E-state index contributed by atoms with van der Waals surface area (Å²) in [6, 6.07) is 6.25. The molecule has 1 N–H and O–H groups in total. The molecule has 0 saturated heterocycles. The lowest BCUT2D eigenvalue weighted by Crippen LogP contribution is -2.44. The summed E-state index contributed by atoms with van der Waals surface area (Å²) >= 11 is 0. The molecule has 0 saturated carbocycles. The number of para-hydroxylation sites is 1. The molecule has 136 valence electrons. The first-order valence-corrected chi connectivity index (χ1v) is 8.40. The zero-order valence-corrected chi connectivity index (χ0v) is 14.8. The SMILES string of the molecule is CCOCCOC(=O)C1C(C)=NC(=O)NC1c1ccccc1OCC. The third-order valence-corrected chi connectivity index (χ3v) is 3.82. The Kier molecular flexibility index (Phi) is 6.94. The van der Waals surface area contributed by atoms with Crippen LogP contribution in [0.4, 0.5) is 4.79 Å². The van der Waals surface area contributed by atoms with Gasteiger partial charge in [0.15, 0.2) is 0 Å². The van der Waals surface area contributed by atoms with Crippen molar-refractivity contribution in [3.05, 3.63) is 29.8 Å². The number of amides is 2. The van der Waals surface area contributed by atoms with E-state index in [-0.39, 0.29) is 6.61 Å². The highest BCUT2D eigenvalue weighted by Gasteiger charge is 2.39. The van der Waals surface area contributed by atoms with E-state index in [9.17, 15) is 9.59 Å². The number of hydrogen-bond acceptors (Lipinski definition) is 5. The summed E-state index contributed by atoms with van der Waals surface area (Å²) in [5, 5.41) is 2.76. The van der Waals surface area contributed by atoms with Crippen molar-refractivity contribution in [1.29, 1.82) is 0 Å². The summed E-state index contributed by atoms with van der Waals surface area (Å²) in [5.41, 5.74) is 1.14. The summed E-state index contributed by atoms with van der Waals surface area (Å²) in [7, 11) is 0. The van der Waals surface area contributed by atoms with Gasteiger partial charge in [0.05, 0.1) is 19.3 Å². The summed E-state index contributed by atoms with van der Waals surface area (Å²) in [5.74, 6) is -0.532. The third kappa shape index (κ3) is 4.79. The second-order valence-electron chi connectivity index (χ2n) is 5.49. The van der Waals surface area contributed by atoms with Gasteiger partial charge in [-0.05, 0) is 26.8 Å². The number of esters is 1. The first-order valence-electron chi connectivity index (χ1n) is 8.40. The predicted molar refractivity (Wildman–Crippen MR) is 92.9 cm³/mol. The summed E-state index contributed by atoms with van der Waals surface area (Å²) < 4.78 is 16.1. The molecular formula is C18H24N2O5. The molecule has 1 aliphatic heterocycles. The lowest BCUT2D eigenvalue weighted by molar-refractivity contribution is -0.148. The molecule has 2 unspecified atom stereocenters. The fourth-order valence-corrected chi connectivity index (χ4v) is 2.74. The Bertz CT molecular complexity index is 644. The van der Waals surface area contributed by atoms with Crippen molar-refractivity contribution in [2.75, 3.05) is 26.4 Å². The Morgan fingerprint density at radius 3 is 2.68 bits per heavy atom. The minimum atomic E-state index is -0.707. The molecule has 7 heteroatoms. The number of urea groups is 1. The van der Waals surface area contributed by atoms with Crippen LogP contribution in [-0.2, 0) is 14.3 Å². The number of carbonyl (C=O) groups is 2. The second-order valence-corrected chi connectivity index (χ2v) is 5.49. The van der Waals surface area contributed by atoms with Crippen LogP contribution in [0.25, 0.3) is 0 Å². The van der Waals surface area contributed by atoms with Gasteiger partial charge in [0.1, 0.15) is 18.3 Å². The molecule has 0 radical (unpaired) electrons. The molecule has 1 heterocycles. The van der Waals surface area contributed by atoms with Crippen molar-refractivity contribution in [2.24, 2.45) is 10.9 Å². The lowest BCUT2D eigenvalue weighted by atomic mass is 9.88. The fraction of sp³-hybridized carbons (Fsp3) is 0.500. The monoisotopic (exact) mass is 348 g/mol. The van der Waals surface area contributed by atoms with Crippen LogP contribution in [0.5, 0.6) is 5.75 Å². The molecule has 1 aromatic rings. The van der Waals surface area contributed by atoms with E-state index in [4.69, 9.17) is 14.2 Å². The number of nitrogens with one attached hydrogen (secondary N) is 1. The smallest absolute Gasteiger partial charge is 0.341 e. The van der Waals surface area contributed by atoms with E-state index in [0.717, 1.165) is 5.56 Å². The Hall–Kier alpha value is -2.41. The normalized spacial score (nSPS) is 19.8. The van der Waals surface area contributed by atoms with E-state index in [1.165, 1.54) is 0 Å². The topological polar surface area (TPSA) is 86.2 Å². The van der Waals surface area contributed by atoms with Crippen LogP contribution < -0.4 is 10.1 Å². The molecule has 0 aromatic heterocycles. The molecule has 2 atom stereocenters. The number of hydrogen-bond donors (Lipinski definition) is 1. The molecule has 0 fully saturated rings. The number of carbonyl (C=O) groups excluding carboxylic acids is 2. The quantitative estimate of drug-likeness (QED) is 0.576. The van der Waals surface area contributed by atoms with Gasteiger partial charge in [-0.25, -0.2) is 9.79 Å². The highest BCUT2D eigenvalue weighted by Crippen LogP contribution is 2.33. The zero-order chi connectivity index (χ0) is 18.2. The van der Waals surface area contributed by atoms with Crippen LogP contribution in [0, 0.1) is 5.92 Å². The minimum absolute atomic E-state index is 0.157. The van der Waals surface area contributed by atoms with Crippen LogP contribution in [0.2, 0.25) is 0 Å². The second kappa shape index (κ2) is 9.17. The molecule has 0 spiro atoms. The number of benzene rings is 1. The third-order valence-electron chi connectivity index (χ3n) is 3.82. The molecular weight excluding hydrogens is 324 g/mol. The van der Waals surface area contributed by atoms with Gasteiger partial charge in [0, 0.05) is 17.9 Å². The molecule has 25 heavy (non-hydrogen) atoms. The average Bonchev–Trinajstić information content (AvgIpc) is 2.58. The van der Waals surface area contributed by atoms with E-state index >= 15 is 0 Å². The molecule has 7 nitrogen and oxygen atoms in total. The van der Waals surface area contributed by atoms with Gasteiger partial charge in [-0.3, -0.25) is 4.79 Å². The van der Waals surface area contributed by atoms with Crippen molar-refractivity contribution in [1.82, 2.24) is 5.32 Å². The van der Waals surface area contributed by atoms with Crippen molar-refractivity contribution >= 4 is 17.7 Å². The van der Waals surface area contributed by atoms with Crippen LogP contribution in [-0.4, -0.2) is 44.1 Å². The molecule has 2 rings (SSSR count). The van der Waals surface area contributed by atoms with Crippen molar-refractivity contribution < 1.29 is 23.8 Å². The van der Waals surface area contributed by atoms with Crippen molar-refractivity contribution in [2.45, 2.75) is 26.8 Å². The maximum Gasteiger partial charge on any atom is 0.341 e. The Labute approximate surface area is 147 Å². The first-order chi connectivity index (χ1) is 12.1. The maximum atomic E-state index is 12.6. The van der Waals surface area contributed by atoms with Gasteiger partial charge < -0.3 is 19.5 Å². The highest BCUT2D eigenvalue weighted by atomic mass is 16.6. The van der Waals surface area contributed by atoms with Gasteiger partial charge in [0.2, 0.25) is 0 Å². The van der Waals surface area contributed by atoms with E-state index in [2.05, 4.69) is 10.3 Å². The van der Waals surface area contributed by atoms with Crippen LogP contribution in [0.1, 0.15) is 32.4 Å². The standard InChI is InChI=1S/C18H24N2O5/c1-4-23-10-11-25-17(21)15-12(3)19-18(22)20-16(15)13-8-6-7-9-14(13)24-5-2/h6-9,15-16H,4-5,10-11H2,1-3H3,(H,20,22). The van der Waals surface area contributed by atoms with Crippen molar-refractivity contribution in [3.63, 3.8) is 0 Å². The van der Waals surface area contributed by atoms with Gasteiger partial charge in [-0.1, -0.05) is 18.2 Å². The van der Waals surface area contributed by atoms with E-state index in [1.807, 2.05) is 38.1 Å². The molecule has 1 aromatic carbocycles. The van der Waals surface area contributed by atoms with Crippen molar-refractivity contribution in [3.8, 4) is 5.75 Å². The van der Waals surface area contributed by atoms with E-state index in [1.54, 1.807) is 6.92 Å². The number of ether oxygens (including phenoxy) is 3. The number of nitrogens with zero attached hydrogens (tertiary/aromatic N) is 1. The van der Waals surface area contributed by atoms with Gasteiger partial charge >= 0.3 is 12.0 Å². The maximum absolute atomic E-state index is 12.6. The van der Waals surface area contributed by atoms with Crippen LogP contribution in [0.15, 0.2) is 29.3 Å². The fourth-order valence-electron chi connectivity index (χ4n) is 2.74. The molecule has 2 amide bonds. The van der Waals surface area contributed by atoms with Gasteiger partial charge in [0.25, 0.3) is 0 Å². The zero-order valence-electron chi connectivity index (χ0n) is 14.8. The summed E-state index contributed by atoms with van der Waals surface area (Å²) in [6.45, 7) is 6.93. The number of aliphatic imine (C=N–C) groups is 1. The van der Waals surface area contributed by atoms with Gasteiger partial charge in [-0.15, -0.1) is 0 Å².